The van der Waals surface area contributed by atoms with Crippen LogP contribution in [0.1, 0.15) is 28.8 Å². The standard InChI is InChI=1S/C20H18N2O/c23-20(18-8-7-16-5-1-2-6-17(16)12-18)22(19-9-10-19)14-15-4-3-11-21-13-15/h1-8,11-13,19H,9-10,14H2. The molecular formula is C20H18N2O. The molecule has 23 heavy (non-hydrogen) atoms. The van der Waals surface area contributed by atoms with Crippen LogP contribution in [0, 0.1) is 0 Å². The third-order valence-corrected chi connectivity index (χ3v) is 4.32. The molecule has 3 aromatic rings. The zero-order valence-corrected chi connectivity index (χ0v) is 12.9. The van der Waals surface area contributed by atoms with Crippen molar-refractivity contribution in [1.29, 1.82) is 0 Å². The number of fused-ring (bicyclic) bond motifs is 1. The topological polar surface area (TPSA) is 33.2 Å². The van der Waals surface area contributed by atoms with Crippen molar-refractivity contribution in [2.75, 3.05) is 0 Å². The molecule has 0 radical (unpaired) electrons. The van der Waals surface area contributed by atoms with E-state index in [4.69, 9.17) is 0 Å². The van der Waals surface area contributed by atoms with Gasteiger partial charge in [-0.15, -0.1) is 0 Å². The smallest absolute Gasteiger partial charge is 0.254 e. The highest BCUT2D eigenvalue weighted by atomic mass is 16.2. The lowest BCUT2D eigenvalue weighted by Crippen LogP contribution is -2.32. The van der Waals surface area contributed by atoms with Gasteiger partial charge in [-0.2, -0.15) is 0 Å². The van der Waals surface area contributed by atoms with Gasteiger partial charge in [0.05, 0.1) is 0 Å². The molecule has 0 unspecified atom stereocenters. The van der Waals surface area contributed by atoms with Crippen molar-refractivity contribution in [3.05, 3.63) is 78.1 Å². The predicted octanol–water partition coefficient (Wildman–Crippen LogP) is 4.04. The Kier molecular flexibility index (Phi) is 3.54. The summed E-state index contributed by atoms with van der Waals surface area (Å²) in [4.78, 5) is 19.1. The number of rotatable bonds is 4. The van der Waals surface area contributed by atoms with Gasteiger partial charge in [0.25, 0.3) is 5.91 Å². The van der Waals surface area contributed by atoms with E-state index in [1.807, 2.05) is 53.6 Å². The van der Waals surface area contributed by atoms with Gasteiger partial charge in [-0.3, -0.25) is 9.78 Å². The molecule has 1 aromatic heterocycles. The van der Waals surface area contributed by atoms with Crippen molar-refractivity contribution < 1.29 is 4.79 Å². The lowest BCUT2D eigenvalue weighted by molar-refractivity contribution is 0.0730. The molecule has 0 bridgehead atoms. The van der Waals surface area contributed by atoms with Crippen molar-refractivity contribution >= 4 is 16.7 Å². The largest absolute Gasteiger partial charge is 0.331 e. The van der Waals surface area contributed by atoms with Crippen molar-refractivity contribution in [3.63, 3.8) is 0 Å². The maximum absolute atomic E-state index is 13.0. The van der Waals surface area contributed by atoms with Gasteiger partial charge in [0.2, 0.25) is 0 Å². The third-order valence-electron chi connectivity index (χ3n) is 4.32. The van der Waals surface area contributed by atoms with Gasteiger partial charge in [-0.05, 0) is 47.4 Å². The van der Waals surface area contributed by atoms with Gasteiger partial charge in [-0.25, -0.2) is 0 Å². The Morgan fingerprint density at radius 3 is 2.61 bits per heavy atom. The van der Waals surface area contributed by atoms with E-state index in [0.29, 0.717) is 12.6 Å². The minimum absolute atomic E-state index is 0.113. The predicted molar refractivity (Wildman–Crippen MR) is 91.1 cm³/mol. The number of pyridine rings is 1. The van der Waals surface area contributed by atoms with Crippen LogP contribution in [0.4, 0.5) is 0 Å². The van der Waals surface area contributed by atoms with Crippen molar-refractivity contribution in [3.8, 4) is 0 Å². The zero-order chi connectivity index (χ0) is 15.6. The van der Waals surface area contributed by atoms with Crippen LogP contribution < -0.4 is 0 Å². The van der Waals surface area contributed by atoms with Crippen LogP contribution in [0.15, 0.2) is 67.0 Å². The van der Waals surface area contributed by atoms with Crippen molar-refractivity contribution in [1.82, 2.24) is 9.88 Å². The summed E-state index contributed by atoms with van der Waals surface area (Å²) < 4.78 is 0. The minimum Gasteiger partial charge on any atom is -0.331 e. The SMILES string of the molecule is O=C(c1ccc2ccccc2c1)N(Cc1cccnc1)C1CC1. The van der Waals surface area contributed by atoms with Crippen LogP contribution in [0.5, 0.6) is 0 Å². The van der Waals surface area contributed by atoms with Crippen LogP contribution >= 0.6 is 0 Å². The van der Waals surface area contributed by atoms with E-state index in [2.05, 4.69) is 17.1 Å². The molecule has 4 rings (SSSR count). The van der Waals surface area contributed by atoms with E-state index in [1.165, 1.54) is 0 Å². The Balaban J connectivity index is 1.63. The van der Waals surface area contributed by atoms with Crippen molar-refractivity contribution in [2.24, 2.45) is 0 Å². The van der Waals surface area contributed by atoms with Gasteiger partial charge in [0.1, 0.15) is 0 Å². The number of amides is 1. The molecule has 0 spiro atoms. The molecule has 0 atom stereocenters. The molecule has 114 valence electrons. The number of aromatic nitrogens is 1. The number of nitrogens with zero attached hydrogens (tertiary/aromatic N) is 2. The number of carbonyl (C=O) groups is 1. The lowest BCUT2D eigenvalue weighted by Gasteiger charge is -2.22. The van der Waals surface area contributed by atoms with Gasteiger partial charge in [-0.1, -0.05) is 36.4 Å². The summed E-state index contributed by atoms with van der Waals surface area (Å²) in [6.07, 6.45) is 5.79. The molecule has 3 heteroatoms. The van der Waals surface area contributed by atoms with Gasteiger partial charge >= 0.3 is 0 Å². The second kappa shape index (κ2) is 5.84. The molecule has 1 heterocycles. The summed E-state index contributed by atoms with van der Waals surface area (Å²) >= 11 is 0. The molecule has 1 amide bonds. The van der Waals surface area contributed by atoms with Gasteiger partial charge in [0, 0.05) is 30.5 Å². The number of benzene rings is 2. The van der Waals surface area contributed by atoms with Gasteiger partial charge < -0.3 is 4.90 Å². The lowest BCUT2D eigenvalue weighted by atomic mass is 10.1. The summed E-state index contributed by atoms with van der Waals surface area (Å²) in [6, 6.07) is 18.4. The first kappa shape index (κ1) is 13.9. The van der Waals surface area contributed by atoms with Gasteiger partial charge in [0.15, 0.2) is 0 Å². The number of hydrogen-bond donors (Lipinski definition) is 0. The third kappa shape index (κ3) is 2.95. The Morgan fingerprint density at radius 1 is 1.04 bits per heavy atom. The Bertz CT molecular complexity index is 840. The van der Waals surface area contributed by atoms with E-state index >= 15 is 0 Å². The molecule has 2 aromatic carbocycles. The normalized spacial score (nSPS) is 13.9. The molecule has 1 fully saturated rings. The fraction of sp³-hybridized carbons (Fsp3) is 0.200. The summed E-state index contributed by atoms with van der Waals surface area (Å²) in [5.41, 5.74) is 1.84. The molecule has 0 N–H and O–H groups in total. The highest BCUT2D eigenvalue weighted by Crippen LogP contribution is 2.30. The van der Waals surface area contributed by atoms with Crippen LogP contribution in [-0.2, 0) is 6.54 Å². The first-order chi connectivity index (χ1) is 11.3. The molecule has 1 aliphatic carbocycles. The molecule has 1 aliphatic rings. The fourth-order valence-corrected chi connectivity index (χ4v) is 2.93. The summed E-state index contributed by atoms with van der Waals surface area (Å²) in [7, 11) is 0. The van der Waals surface area contributed by atoms with E-state index in [-0.39, 0.29) is 5.91 Å². The summed E-state index contributed by atoms with van der Waals surface area (Å²) in [5, 5.41) is 2.27. The van der Waals surface area contributed by atoms with E-state index < -0.39 is 0 Å². The number of carbonyl (C=O) groups excluding carboxylic acids is 1. The molecule has 1 saturated carbocycles. The van der Waals surface area contributed by atoms with E-state index in [1.54, 1.807) is 6.20 Å². The average molecular weight is 302 g/mol. The Morgan fingerprint density at radius 2 is 1.87 bits per heavy atom. The minimum atomic E-state index is 0.113. The van der Waals surface area contributed by atoms with E-state index in [9.17, 15) is 4.79 Å². The van der Waals surface area contributed by atoms with E-state index in [0.717, 1.165) is 34.7 Å². The summed E-state index contributed by atoms with van der Waals surface area (Å²) in [6.45, 7) is 0.629. The highest BCUT2D eigenvalue weighted by molar-refractivity contribution is 5.98. The fourth-order valence-electron chi connectivity index (χ4n) is 2.93. The van der Waals surface area contributed by atoms with Crippen LogP contribution in [0.2, 0.25) is 0 Å². The molecule has 0 aliphatic heterocycles. The van der Waals surface area contributed by atoms with Crippen LogP contribution in [0.3, 0.4) is 0 Å². The maximum atomic E-state index is 13.0. The van der Waals surface area contributed by atoms with Crippen molar-refractivity contribution in [2.45, 2.75) is 25.4 Å². The van der Waals surface area contributed by atoms with Crippen LogP contribution in [0.25, 0.3) is 10.8 Å². The highest BCUT2D eigenvalue weighted by Gasteiger charge is 2.33. The Hall–Kier alpha value is -2.68. The quantitative estimate of drug-likeness (QED) is 0.728. The molecular weight excluding hydrogens is 284 g/mol. The second-order valence-corrected chi connectivity index (χ2v) is 6.09. The molecule has 3 nitrogen and oxygen atoms in total. The monoisotopic (exact) mass is 302 g/mol. The average Bonchev–Trinajstić information content (AvgIpc) is 3.44. The first-order valence-corrected chi connectivity index (χ1v) is 8.00. The van der Waals surface area contributed by atoms with Crippen LogP contribution in [-0.4, -0.2) is 21.8 Å². The zero-order valence-electron chi connectivity index (χ0n) is 12.9. The maximum Gasteiger partial charge on any atom is 0.254 e. The second-order valence-electron chi connectivity index (χ2n) is 6.09. The number of hydrogen-bond acceptors (Lipinski definition) is 2. The molecule has 0 saturated heterocycles. The first-order valence-electron chi connectivity index (χ1n) is 8.00. The summed E-state index contributed by atoms with van der Waals surface area (Å²) in [5.74, 6) is 0.113. The Labute approximate surface area is 135 Å².